The van der Waals surface area contributed by atoms with Gasteiger partial charge in [-0.25, -0.2) is 0 Å². The fraction of sp³-hybridized carbons (Fsp3) is 0.588. The van der Waals surface area contributed by atoms with Crippen molar-refractivity contribution in [2.24, 2.45) is 5.41 Å². The van der Waals surface area contributed by atoms with Gasteiger partial charge in [-0.05, 0) is 18.6 Å². The number of rotatable bonds is 5. The summed E-state index contributed by atoms with van der Waals surface area (Å²) in [7, 11) is 1.64. The van der Waals surface area contributed by atoms with Gasteiger partial charge >= 0.3 is 0 Å². The highest BCUT2D eigenvalue weighted by Crippen LogP contribution is 2.36. The van der Waals surface area contributed by atoms with Gasteiger partial charge in [0.25, 0.3) is 0 Å². The van der Waals surface area contributed by atoms with Crippen LogP contribution >= 0.6 is 0 Å². The zero-order chi connectivity index (χ0) is 15.5. The summed E-state index contributed by atoms with van der Waals surface area (Å²) in [5, 5.41) is 0. The Morgan fingerprint density at radius 1 is 1.33 bits per heavy atom. The summed E-state index contributed by atoms with van der Waals surface area (Å²) in [6, 6.07) is 7.63. The van der Waals surface area contributed by atoms with Crippen molar-refractivity contribution in [1.82, 2.24) is 0 Å². The lowest BCUT2D eigenvalue weighted by Crippen LogP contribution is -2.43. The molecular weight excluding hydrogens is 268 g/mol. The van der Waals surface area contributed by atoms with Gasteiger partial charge in [-0.2, -0.15) is 0 Å². The lowest BCUT2D eigenvalue weighted by Gasteiger charge is -2.39. The SMILES string of the molecule is CCC(=O)C(C)(C)[C@@H]1CCO[C@H](c2ccc(OC)cc2)O1. The molecule has 0 spiro atoms. The molecule has 0 aliphatic carbocycles. The van der Waals surface area contributed by atoms with Crippen LogP contribution in [0.5, 0.6) is 5.75 Å². The predicted molar refractivity (Wildman–Crippen MR) is 80.3 cm³/mol. The molecule has 0 aromatic heterocycles. The first-order chi connectivity index (χ1) is 9.98. The summed E-state index contributed by atoms with van der Waals surface area (Å²) >= 11 is 0. The average molecular weight is 292 g/mol. The lowest BCUT2D eigenvalue weighted by molar-refractivity contribution is -0.238. The van der Waals surface area contributed by atoms with Crippen LogP contribution < -0.4 is 4.74 Å². The molecule has 1 fully saturated rings. The van der Waals surface area contributed by atoms with Crippen molar-refractivity contribution in [2.45, 2.75) is 46.0 Å². The first-order valence-corrected chi connectivity index (χ1v) is 7.43. The summed E-state index contributed by atoms with van der Waals surface area (Å²) in [5.41, 5.74) is 0.462. The van der Waals surface area contributed by atoms with Gasteiger partial charge in [0.15, 0.2) is 6.29 Å². The van der Waals surface area contributed by atoms with E-state index in [4.69, 9.17) is 14.2 Å². The van der Waals surface area contributed by atoms with Crippen LogP contribution in [0, 0.1) is 5.41 Å². The summed E-state index contributed by atoms with van der Waals surface area (Å²) in [6.07, 6.45) is 0.733. The zero-order valence-electron chi connectivity index (χ0n) is 13.2. The largest absolute Gasteiger partial charge is 0.497 e. The van der Waals surface area contributed by atoms with Crippen LogP contribution in [0.25, 0.3) is 0 Å². The molecule has 0 radical (unpaired) electrons. The second-order valence-corrected chi connectivity index (χ2v) is 5.89. The molecule has 1 aromatic carbocycles. The van der Waals surface area contributed by atoms with Crippen LogP contribution in [0.1, 0.15) is 45.5 Å². The number of hydrogen-bond donors (Lipinski definition) is 0. The molecule has 2 atom stereocenters. The maximum atomic E-state index is 12.1. The van der Waals surface area contributed by atoms with E-state index in [9.17, 15) is 4.79 Å². The molecule has 21 heavy (non-hydrogen) atoms. The number of methoxy groups -OCH3 is 1. The number of Topliss-reactive ketones (excluding diaryl/α,β-unsaturated/α-hetero) is 1. The second-order valence-electron chi connectivity index (χ2n) is 5.89. The van der Waals surface area contributed by atoms with Crippen molar-refractivity contribution in [3.8, 4) is 5.75 Å². The Hall–Kier alpha value is -1.39. The van der Waals surface area contributed by atoms with Gasteiger partial charge in [0, 0.05) is 17.4 Å². The number of benzene rings is 1. The third-order valence-corrected chi connectivity index (χ3v) is 4.17. The number of carbonyl (C=O) groups is 1. The van der Waals surface area contributed by atoms with Crippen LogP contribution in [-0.2, 0) is 14.3 Å². The summed E-state index contributed by atoms with van der Waals surface area (Å²) in [4.78, 5) is 12.1. The molecular formula is C17H24O4. The summed E-state index contributed by atoms with van der Waals surface area (Å²) in [5.74, 6) is 1.02. The molecule has 116 valence electrons. The Labute approximate surface area is 126 Å². The molecule has 0 bridgehead atoms. The van der Waals surface area contributed by atoms with Crippen molar-refractivity contribution in [3.05, 3.63) is 29.8 Å². The lowest BCUT2D eigenvalue weighted by atomic mass is 9.79. The predicted octanol–water partition coefficient (Wildman–Crippen LogP) is 3.50. The maximum absolute atomic E-state index is 12.1. The van der Waals surface area contributed by atoms with Crippen LogP contribution in [-0.4, -0.2) is 25.6 Å². The van der Waals surface area contributed by atoms with Gasteiger partial charge in [-0.15, -0.1) is 0 Å². The van der Waals surface area contributed by atoms with Gasteiger partial charge in [0.1, 0.15) is 11.5 Å². The molecule has 1 aliphatic rings. The normalized spacial score (nSPS) is 22.9. The third-order valence-electron chi connectivity index (χ3n) is 4.17. The minimum absolute atomic E-state index is 0.120. The molecule has 1 saturated heterocycles. The van der Waals surface area contributed by atoms with Crippen LogP contribution in [0.3, 0.4) is 0 Å². The third kappa shape index (κ3) is 3.44. The highest BCUT2D eigenvalue weighted by Gasteiger charge is 2.40. The summed E-state index contributed by atoms with van der Waals surface area (Å²) < 4.78 is 16.9. The van der Waals surface area contributed by atoms with Gasteiger partial charge < -0.3 is 14.2 Å². The first kappa shape index (κ1) is 16.0. The van der Waals surface area contributed by atoms with E-state index >= 15 is 0 Å². The van der Waals surface area contributed by atoms with Crippen LogP contribution in [0.2, 0.25) is 0 Å². The highest BCUT2D eigenvalue weighted by atomic mass is 16.7. The Morgan fingerprint density at radius 2 is 2.00 bits per heavy atom. The van der Waals surface area contributed by atoms with E-state index < -0.39 is 11.7 Å². The number of ketones is 1. The van der Waals surface area contributed by atoms with E-state index in [0.717, 1.165) is 17.7 Å². The van der Waals surface area contributed by atoms with Gasteiger partial charge in [-0.3, -0.25) is 4.79 Å². The minimum Gasteiger partial charge on any atom is -0.497 e. The highest BCUT2D eigenvalue weighted by molar-refractivity contribution is 5.84. The Morgan fingerprint density at radius 3 is 2.57 bits per heavy atom. The fourth-order valence-electron chi connectivity index (χ4n) is 2.64. The molecule has 0 unspecified atom stereocenters. The second kappa shape index (κ2) is 6.58. The van der Waals surface area contributed by atoms with E-state index in [0.29, 0.717) is 13.0 Å². The molecule has 2 rings (SSSR count). The van der Waals surface area contributed by atoms with Gasteiger partial charge in [0.2, 0.25) is 0 Å². The fourth-order valence-corrected chi connectivity index (χ4v) is 2.64. The van der Waals surface area contributed by atoms with Crippen molar-refractivity contribution in [2.75, 3.05) is 13.7 Å². The molecule has 0 saturated carbocycles. The Bertz CT molecular complexity index is 478. The maximum Gasteiger partial charge on any atom is 0.184 e. The van der Waals surface area contributed by atoms with Crippen molar-refractivity contribution >= 4 is 5.78 Å². The topological polar surface area (TPSA) is 44.8 Å². The molecule has 1 aromatic rings. The van der Waals surface area contributed by atoms with E-state index in [1.54, 1.807) is 7.11 Å². The van der Waals surface area contributed by atoms with E-state index in [-0.39, 0.29) is 11.9 Å². The van der Waals surface area contributed by atoms with E-state index in [1.807, 2.05) is 45.0 Å². The van der Waals surface area contributed by atoms with Crippen molar-refractivity contribution < 1.29 is 19.0 Å². The molecule has 4 heteroatoms. The molecule has 1 aliphatic heterocycles. The molecule has 1 heterocycles. The van der Waals surface area contributed by atoms with Crippen LogP contribution in [0.15, 0.2) is 24.3 Å². The Kier molecular flexibility index (Phi) is 5.01. The smallest absolute Gasteiger partial charge is 0.184 e. The average Bonchev–Trinajstić information content (AvgIpc) is 2.54. The quantitative estimate of drug-likeness (QED) is 0.833. The summed E-state index contributed by atoms with van der Waals surface area (Å²) in [6.45, 7) is 6.41. The Balaban J connectivity index is 2.11. The van der Waals surface area contributed by atoms with Gasteiger partial charge in [-0.1, -0.05) is 32.9 Å². The van der Waals surface area contributed by atoms with Gasteiger partial charge in [0.05, 0.1) is 19.8 Å². The van der Waals surface area contributed by atoms with E-state index in [2.05, 4.69) is 0 Å². The van der Waals surface area contributed by atoms with Crippen LogP contribution in [0.4, 0.5) is 0 Å². The number of carbonyl (C=O) groups excluding carboxylic acids is 1. The standard InChI is InChI=1S/C17H24O4/c1-5-14(18)17(2,3)15-10-11-20-16(21-15)12-6-8-13(19-4)9-7-12/h6-9,15-16H,5,10-11H2,1-4H3/t15-,16-/m0/s1. The number of ether oxygens (including phenoxy) is 3. The van der Waals surface area contributed by atoms with Crippen molar-refractivity contribution in [1.29, 1.82) is 0 Å². The first-order valence-electron chi connectivity index (χ1n) is 7.43. The molecule has 0 amide bonds. The minimum atomic E-state index is -0.483. The monoisotopic (exact) mass is 292 g/mol. The zero-order valence-corrected chi connectivity index (χ0v) is 13.2. The molecule has 0 N–H and O–H groups in total. The van der Waals surface area contributed by atoms with Crippen molar-refractivity contribution in [3.63, 3.8) is 0 Å². The number of hydrogen-bond acceptors (Lipinski definition) is 4. The molecule has 4 nitrogen and oxygen atoms in total. The van der Waals surface area contributed by atoms with E-state index in [1.165, 1.54) is 0 Å².